The molecule has 1 unspecified atom stereocenters. The first-order valence-electron chi connectivity index (χ1n) is 9.18. The average molecular weight is 395 g/mol. The summed E-state index contributed by atoms with van der Waals surface area (Å²) in [4.78, 5) is 15.8. The maximum absolute atomic E-state index is 13.0. The molecule has 1 atom stereocenters. The smallest absolute Gasteiger partial charge is 0.255 e. The fourth-order valence-corrected chi connectivity index (χ4v) is 4.10. The normalized spacial score (nSPS) is 16.9. The summed E-state index contributed by atoms with van der Waals surface area (Å²) in [6.45, 7) is 3.80. The van der Waals surface area contributed by atoms with E-state index in [0.29, 0.717) is 31.0 Å². The molecule has 0 bridgehead atoms. The van der Waals surface area contributed by atoms with Crippen LogP contribution in [0.5, 0.6) is 0 Å². The van der Waals surface area contributed by atoms with Gasteiger partial charge in [-0.1, -0.05) is 30.3 Å². The van der Waals surface area contributed by atoms with Crippen LogP contribution in [0.4, 0.5) is 0 Å². The number of tetrazole rings is 1. The molecule has 7 nitrogen and oxygen atoms in total. The number of carbonyl (C=O) groups excluding carboxylic acids is 1. The van der Waals surface area contributed by atoms with Crippen molar-refractivity contribution in [2.45, 2.75) is 23.7 Å². The van der Waals surface area contributed by atoms with Crippen molar-refractivity contribution in [1.82, 2.24) is 25.1 Å². The zero-order chi connectivity index (χ0) is 19.3. The molecule has 1 aliphatic heterocycles. The van der Waals surface area contributed by atoms with E-state index < -0.39 is 0 Å². The van der Waals surface area contributed by atoms with Crippen LogP contribution in [-0.2, 0) is 10.5 Å². The van der Waals surface area contributed by atoms with E-state index in [4.69, 9.17) is 4.74 Å². The maximum Gasteiger partial charge on any atom is 0.255 e. The summed E-state index contributed by atoms with van der Waals surface area (Å²) >= 11 is 1.56. The Bertz CT molecular complexity index is 947. The highest BCUT2D eigenvalue weighted by Gasteiger charge is 2.24. The summed E-state index contributed by atoms with van der Waals surface area (Å²) in [7, 11) is 0. The van der Waals surface area contributed by atoms with E-state index in [9.17, 15) is 4.79 Å². The van der Waals surface area contributed by atoms with Gasteiger partial charge in [0, 0.05) is 18.0 Å². The molecule has 2 heterocycles. The molecule has 0 N–H and O–H groups in total. The third-order valence-corrected chi connectivity index (χ3v) is 5.61. The summed E-state index contributed by atoms with van der Waals surface area (Å²) in [6.07, 6.45) is 0.0630. The first kappa shape index (κ1) is 18.6. The molecule has 28 heavy (non-hydrogen) atoms. The minimum Gasteiger partial charge on any atom is -0.375 e. The summed E-state index contributed by atoms with van der Waals surface area (Å²) in [5, 5.41) is 12.1. The maximum atomic E-state index is 13.0. The highest BCUT2D eigenvalue weighted by molar-refractivity contribution is 7.98. The molecule has 4 rings (SSSR count). The molecule has 1 fully saturated rings. The molecular formula is C20H21N5O2S. The van der Waals surface area contributed by atoms with Gasteiger partial charge in [0.15, 0.2) is 5.82 Å². The van der Waals surface area contributed by atoms with Gasteiger partial charge < -0.3 is 9.64 Å². The zero-order valence-electron chi connectivity index (χ0n) is 15.6. The Labute approximate surface area is 167 Å². The van der Waals surface area contributed by atoms with Crippen LogP contribution in [0.15, 0.2) is 59.5 Å². The third-order valence-electron chi connectivity index (χ3n) is 4.54. The van der Waals surface area contributed by atoms with Gasteiger partial charge in [0.1, 0.15) is 0 Å². The fraction of sp³-hybridized carbons (Fsp3) is 0.300. The topological polar surface area (TPSA) is 73.1 Å². The molecule has 3 aromatic rings. The van der Waals surface area contributed by atoms with Crippen molar-refractivity contribution in [3.63, 3.8) is 0 Å². The monoisotopic (exact) mass is 395 g/mol. The Hall–Kier alpha value is -2.71. The molecule has 0 aliphatic carbocycles. The van der Waals surface area contributed by atoms with Crippen molar-refractivity contribution in [3.8, 4) is 5.69 Å². The predicted octanol–water partition coefficient (Wildman–Crippen LogP) is 2.82. The molecular weight excluding hydrogens is 374 g/mol. The summed E-state index contributed by atoms with van der Waals surface area (Å²) < 4.78 is 7.28. The van der Waals surface area contributed by atoms with E-state index in [2.05, 4.69) is 15.5 Å². The number of rotatable bonds is 5. The number of hydrogen-bond donors (Lipinski definition) is 0. The quantitative estimate of drug-likeness (QED) is 0.619. The van der Waals surface area contributed by atoms with Gasteiger partial charge >= 0.3 is 0 Å². The van der Waals surface area contributed by atoms with Crippen LogP contribution in [0.2, 0.25) is 0 Å². The number of aromatic nitrogens is 4. The number of nitrogens with zero attached hydrogens (tertiary/aromatic N) is 5. The van der Waals surface area contributed by atoms with Crippen molar-refractivity contribution in [2.24, 2.45) is 0 Å². The minimum absolute atomic E-state index is 0.0425. The first-order chi connectivity index (χ1) is 13.7. The number of amides is 1. The Kier molecular flexibility index (Phi) is 5.68. The Balaban J connectivity index is 1.51. The Morgan fingerprint density at radius 3 is 2.79 bits per heavy atom. The SMILES string of the molecule is CC1CN(C(=O)c2ccccc2SCc2nnnn2-c2ccccc2)CCO1. The largest absolute Gasteiger partial charge is 0.375 e. The van der Waals surface area contributed by atoms with Crippen molar-refractivity contribution < 1.29 is 9.53 Å². The lowest BCUT2D eigenvalue weighted by atomic mass is 10.2. The van der Waals surface area contributed by atoms with E-state index in [-0.39, 0.29) is 12.0 Å². The molecule has 0 spiro atoms. The van der Waals surface area contributed by atoms with Gasteiger partial charge in [0.05, 0.1) is 29.7 Å². The van der Waals surface area contributed by atoms with Gasteiger partial charge in [0.2, 0.25) is 0 Å². The number of benzene rings is 2. The van der Waals surface area contributed by atoms with Crippen LogP contribution in [0.3, 0.4) is 0 Å². The number of morpholine rings is 1. The molecule has 1 aromatic heterocycles. The lowest BCUT2D eigenvalue weighted by Gasteiger charge is -2.31. The number of ether oxygens (including phenoxy) is 1. The highest BCUT2D eigenvalue weighted by Crippen LogP contribution is 2.27. The molecule has 8 heteroatoms. The van der Waals surface area contributed by atoms with E-state index in [1.165, 1.54) is 0 Å². The van der Waals surface area contributed by atoms with Crippen LogP contribution < -0.4 is 0 Å². The second-order valence-corrected chi connectivity index (χ2v) is 7.58. The fourth-order valence-electron chi connectivity index (χ4n) is 3.15. The van der Waals surface area contributed by atoms with Crippen LogP contribution in [-0.4, -0.2) is 56.8 Å². The lowest BCUT2D eigenvalue weighted by Crippen LogP contribution is -2.44. The van der Waals surface area contributed by atoms with Gasteiger partial charge in [-0.15, -0.1) is 16.9 Å². The van der Waals surface area contributed by atoms with Crippen molar-refractivity contribution in [2.75, 3.05) is 19.7 Å². The first-order valence-corrected chi connectivity index (χ1v) is 10.2. The number of carbonyl (C=O) groups is 1. The van der Waals surface area contributed by atoms with Gasteiger partial charge in [-0.2, -0.15) is 4.68 Å². The highest BCUT2D eigenvalue weighted by atomic mass is 32.2. The van der Waals surface area contributed by atoms with Gasteiger partial charge in [-0.25, -0.2) is 0 Å². The van der Waals surface area contributed by atoms with Gasteiger partial charge in [0.25, 0.3) is 5.91 Å². The Morgan fingerprint density at radius 1 is 1.18 bits per heavy atom. The van der Waals surface area contributed by atoms with Gasteiger partial charge in [-0.05, 0) is 41.6 Å². The van der Waals surface area contributed by atoms with E-state index >= 15 is 0 Å². The molecule has 1 aliphatic rings. The van der Waals surface area contributed by atoms with Crippen molar-refractivity contribution in [1.29, 1.82) is 0 Å². The van der Waals surface area contributed by atoms with Crippen LogP contribution in [0.25, 0.3) is 5.69 Å². The van der Waals surface area contributed by atoms with Crippen LogP contribution >= 0.6 is 11.8 Å². The van der Waals surface area contributed by atoms with Crippen molar-refractivity contribution >= 4 is 17.7 Å². The Morgan fingerprint density at radius 2 is 1.96 bits per heavy atom. The summed E-state index contributed by atoms with van der Waals surface area (Å²) in [5.74, 6) is 1.34. The lowest BCUT2D eigenvalue weighted by molar-refractivity contribution is -0.0125. The van der Waals surface area contributed by atoms with Gasteiger partial charge in [-0.3, -0.25) is 4.79 Å². The van der Waals surface area contributed by atoms with Crippen LogP contribution in [0.1, 0.15) is 23.1 Å². The van der Waals surface area contributed by atoms with E-state index in [1.54, 1.807) is 16.4 Å². The number of hydrogen-bond acceptors (Lipinski definition) is 6. The predicted molar refractivity (Wildman–Crippen MR) is 106 cm³/mol. The van der Waals surface area contributed by atoms with E-state index in [0.717, 1.165) is 16.4 Å². The second kappa shape index (κ2) is 8.53. The molecule has 1 amide bonds. The van der Waals surface area contributed by atoms with E-state index in [1.807, 2.05) is 66.4 Å². The average Bonchev–Trinajstić information content (AvgIpc) is 3.21. The second-order valence-electron chi connectivity index (χ2n) is 6.56. The molecule has 0 saturated carbocycles. The number of para-hydroxylation sites is 1. The van der Waals surface area contributed by atoms with Crippen molar-refractivity contribution in [3.05, 3.63) is 66.0 Å². The molecule has 2 aromatic carbocycles. The summed E-state index contributed by atoms with van der Waals surface area (Å²) in [6, 6.07) is 17.5. The molecule has 0 radical (unpaired) electrons. The summed E-state index contributed by atoms with van der Waals surface area (Å²) in [5.41, 5.74) is 1.62. The third kappa shape index (κ3) is 4.07. The standard InChI is InChI=1S/C20H21N5O2S/c1-15-13-24(11-12-27-15)20(26)17-9-5-6-10-18(17)28-14-19-21-22-23-25(19)16-7-3-2-4-8-16/h2-10,15H,11-14H2,1H3. The number of thioether (sulfide) groups is 1. The molecule has 144 valence electrons. The zero-order valence-corrected chi connectivity index (χ0v) is 16.4. The molecule has 1 saturated heterocycles. The minimum atomic E-state index is 0.0425. The van der Waals surface area contributed by atoms with Crippen LogP contribution in [0, 0.1) is 0 Å².